The Morgan fingerprint density at radius 2 is 2.19 bits per heavy atom. The molecule has 88 valence electrons. The first-order chi connectivity index (χ1) is 7.38. The van der Waals surface area contributed by atoms with E-state index in [9.17, 15) is 4.79 Å². The number of hydrogen-bond donors (Lipinski definition) is 1. The number of rotatable bonds is 4. The van der Waals surface area contributed by atoms with Gasteiger partial charge in [0, 0.05) is 6.20 Å². The highest BCUT2D eigenvalue weighted by atomic mass is 16.5. The predicted octanol–water partition coefficient (Wildman–Crippen LogP) is 1.99. The maximum absolute atomic E-state index is 10.6. The lowest BCUT2D eigenvalue weighted by Crippen LogP contribution is -2.12. The summed E-state index contributed by atoms with van der Waals surface area (Å²) in [4.78, 5) is 18.2. The van der Waals surface area contributed by atoms with Crippen LogP contribution in [-0.2, 0) is 0 Å². The van der Waals surface area contributed by atoms with Gasteiger partial charge in [0.25, 0.3) is 0 Å². The number of aromatic carboxylic acids is 1. The van der Waals surface area contributed by atoms with E-state index in [1.165, 1.54) is 12.3 Å². The SMILES string of the molecule is CC(C)(C)CCOc1nccc(C(=O)O)n1. The monoisotopic (exact) mass is 224 g/mol. The Kier molecular flexibility index (Phi) is 3.82. The molecule has 0 aliphatic carbocycles. The molecule has 0 aliphatic rings. The molecule has 0 fully saturated rings. The largest absolute Gasteiger partial charge is 0.477 e. The van der Waals surface area contributed by atoms with Crippen molar-refractivity contribution in [2.75, 3.05) is 6.61 Å². The van der Waals surface area contributed by atoms with Crippen LogP contribution in [0.4, 0.5) is 0 Å². The number of ether oxygens (including phenoxy) is 1. The lowest BCUT2D eigenvalue weighted by Gasteiger charge is -2.17. The number of carboxylic acid groups (broad SMARTS) is 1. The van der Waals surface area contributed by atoms with Gasteiger partial charge in [-0.15, -0.1) is 0 Å². The molecule has 0 unspecified atom stereocenters. The molecular formula is C11H16N2O3. The normalized spacial score (nSPS) is 11.2. The van der Waals surface area contributed by atoms with Gasteiger partial charge in [-0.3, -0.25) is 0 Å². The van der Waals surface area contributed by atoms with Crippen molar-refractivity contribution in [2.45, 2.75) is 27.2 Å². The Balaban J connectivity index is 2.55. The summed E-state index contributed by atoms with van der Waals surface area (Å²) in [6.45, 7) is 6.78. The summed E-state index contributed by atoms with van der Waals surface area (Å²) in [6, 6.07) is 1.45. The van der Waals surface area contributed by atoms with Gasteiger partial charge in [-0.1, -0.05) is 20.8 Å². The first-order valence-electron chi connectivity index (χ1n) is 5.08. The van der Waals surface area contributed by atoms with E-state index in [2.05, 4.69) is 30.7 Å². The van der Waals surface area contributed by atoms with Crippen LogP contribution < -0.4 is 4.74 Å². The summed E-state index contributed by atoms with van der Waals surface area (Å²) >= 11 is 0. The highest BCUT2D eigenvalue weighted by molar-refractivity contribution is 5.85. The zero-order valence-corrected chi connectivity index (χ0v) is 9.73. The Morgan fingerprint density at radius 3 is 2.75 bits per heavy atom. The molecule has 1 N–H and O–H groups in total. The van der Waals surface area contributed by atoms with Crippen molar-refractivity contribution in [3.8, 4) is 6.01 Å². The topological polar surface area (TPSA) is 72.3 Å². The minimum Gasteiger partial charge on any atom is -0.477 e. The van der Waals surface area contributed by atoms with E-state index in [1.807, 2.05) is 0 Å². The molecule has 1 aromatic heterocycles. The van der Waals surface area contributed by atoms with Crippen molar-refractivity contribution in [3.05, 3.63) is 18.0 Å². The predicted molar refractivity (Wildman–Crippen MR) is 58.6 cm³/mol. The van der Waals surface area contributed by atoms with Crippen molar-refractivity contribution < 1.29 is 14.6 Å². The molecule has 1 aromatic rings. The van der Waals surface area contributed by atoms with Crippen molar-refractivity contribution >= 4 is 5.97 Å². The number of hydrogen-bond acceptors (Lipinski definition) is 4. The third kappa shape index (κ3) is 4.25. The smallest absolute Gasteiger partial charge is 0.354 e. The van der Waals surface area contributed by atoms with Gasteiger partial charge in [-0.2, -0.15) is 4.98 Å². The zero-order valence-electron chi connectivity index (χ0n) is 9.73. The van der Waals surface area contributed by atoms with Gasteiger partial charge in [-0.25, -0.2) is 9.78 Å². The zero-order chi connectivity index (χ0) is 12.2. The third-order valence-corrected chi connectivity index (χ3v) is 1.94. The van der Waals surface area contributed by atoms with Crippen LogP contribution in [0.2, 0.25) is 0 Å². The lowest BCUT2D eigenvalue weighted by molar-refractivity contribution is 0.0688. The molecule has 0 amide bonds. The van der Waals surface area contributed by atoms with Crippen LogP contribution in [0.5, 0.6) is 6.01 Å². The molecule has 0 bridgehead atoms. The second-order valence-electron chi connectivity index (χ2n) is 4.69. The van der Waals surface area contributed by atoms with E-state index in [4.69, 9.17) is 9.84 Å². The fourth-order valence-corrected chi connectivity index (χ4v) is 0.978. The molecule has 1 rings (SSSR count). The highest BCUT2D eigenvalue weighted by Crippen LogP contribution is 2.18. The highest BCUT2D eigenvalue weighted by Gasteiger charge is 2.11. The van der Waals surface area contributed by atoms with Gasteiger partial charge in [-0.05, 0) is 17.9 Å². The van der Waals surface area contributed by atoms with Gasteiger partial charge in [0.05, 0.1) is 6.61 Å². The van der Waals surface area contributed by atoms with Crippen molar-refractivity contribution in [2.24, 2.45) is 5.41 Å². The summed E-state index contributed by atoms with van der Waals surface area (Å²) in [7, 11) is 0. The van der Waals surface area contributed by atoms with E-state index in [0.29, 0.717) is 6.61 Å². The lowest BCUT2D eigenvalue weighted by atomic mass is 9.93. The number of carbonyl (C=O) groups is 1. The summed E-state index contributed by atoms with van der Waals surface area (Å²) in [5, 5.41) is 8.72. The van der Waals surface area contributed by atoms with Crippen LogP contribution in [0, 0.1) is 5.41 Å². The van der Waals surface area contributed by atoms with Crippen LogP contribution >= 0.6 is 0 Å². The van der Waals surface area contributed by atoms with Crippen molar-refractivity contribution in [1.29, 1.82) is 0 Å². The summed E-state index contributed by atoms with van der Waals surface area (Å²) in [6.07, 6.45) is 2.23. The average molecular weight is 224 g/mol. The molecular weight excluding hydrogens is 208 g/mol. The molecule has 0 aliphatic heterocycles. The molecule has 0 saturated heterocycles. The maximum Gasteiger partial charge on any atom is 0.354 e. The van der Waals surface area contributed by atoms with Gasteiger partial charge < -0.3 is 9.84 Å². The van der Waals surface area contributed by atoms with Gasteiger partial charge in [0.15, 0.2) is 5.69 Å². The quantitative estimate of drug-likeness (QED) is 0.846. The molecule has 0 aromatic carbocycles. The van der Waals surface area contributed by atoms with Crippen LogP contribution in [0.25, 0.3) is 0 Å². The maximum atomic E-state index is 10.6. The molecule has 16 heavy (non-hydrogen) atoms. The van der Waals surface area contributed by atoms with Gasteiger partial charge >= 0.3 is 12.0 Å². The van der Waals surface area contributed by atoms with Crippen LogP contribution in [0.15, 0.2) is 12.3 Å². The van der Waals surface area contributed by atoms with E-state index in [1.54, 1.807) is 0 Å². The van der Waals surface area contributed by atoms with E-state index < -0.39 is 5.97 Å². The fourth-order valence-electron chi connectivity index (χ4n) is 0.978. The first-order valence-corrected chi connectivity index (χ1v) is 5.08. The Bertz CT molecular complexity index is 372. The standard InChI is InChI=1S/C11H16N2O3/c1-11(2,3)5-7-16-10-12-6-4-8(13-10)9(14)15/h4,6H,5,7H2,1-3H3,(H,14,15). The third-order valence-electron chi connectivity index (χ3n) is 1.94. The van der Waals surface area contributed by atoms with Crippen molar-refractivity contribution in [3.63, 3.8) is 0 Å². The number of nitrogens with zero attached hydrogens (tertiary/aromatic N) is 2. The average Bonchev–Trinajstić information content (AvgIpc) is 2.16. The second kappa shape index (κ2) is 4.92. The number of aromatic nitrogens is 2. The van der Waals surface area contributed by atoms with Crippen LogP contribution in [0.1, 0.15) is 37.7 Å². The summed E-state index contributed by atoms with van der Waals surface area (Å²) in [5.41, 5.74) is 0.116. The molecule has 0 atom stereocenters. The Labute approximate surface area is 94.5 Å². The molecule has 5 nitrogen and oxygen atoms in total. The molecule has 0 saturated carbocycles. The molecule has 1 heterocycles. The van der Waals surface area contributed by atoms with Gasteiger partial charge in [0.2, 0.25) is 0 Å². The van der Waals surface area contributed by atoms with Gasteiger partial charge in [0.1, 0.15) is 0 Å². The number of carboxylic acids is 1. The van der Waals surface area contributed by atoms with Crippen LogP contribution in [0.3, 0.4) is 0 Å². The molecule has 5 heteroatoms. The first kappa shape index (κ1) is 12.4. The summed E-state index contributed by atoms with van der Waals surface area (Å²) in [5.74, 6) is -1.08. The molecule has 0 spiro atoms. The van der Waals surface area contributed by atoms with E-state index in [0.717, 1.165) is 6.42 Å². The van der Waals surface area contributed by atoms with Crippen LogP contribution in [-0.4, -0.2) is 27.7 Å². The Hall–Kier alpha value is -1.65. The second-order valence-corrected chi connectivity index (χ2v) is 4.69. The molecule has 0 radical (unpaired) electrons. The minimum atomic E-state index is -1.08. The fraction of sp³-hybridized carbons (Fsp3) is 0.545. The van der Waals surface area contributed by atoms with Crippen molar-refractivity contribution in [1.82, 2.24) is 9.97 Å². The van der Waals surface area contributed by atoms with E-state index >= 15 is 0 Å². The van der Waals surface area contributed by atoms with E-state index in [-0.39, 0.29) is 17.1 Å². The minimum absolute atomic E-state index is 0.0549. The summed E-state index contributed by atoms with van der Waals surface area (Å²) < 4.78 is 5.29. The Morgan fingerprint density at radius 1 is 1.50 bits per heavy atom.